The fourth-order valence-corrected chi connectivity index (χ4v) is 2.70. The van der Waals surface area contributed by atoms with E-state index in [4.69, 9.17) is 0 Å². The van der Waals surface area contributed by atoms with Crippen LogP contribution in [-0.2, 0) is 4.79 Å². The molecule has 3 atom stereocenters. The SMILES string of the molecule is CC1C(=O)C2(C)CCC1C2. The molecule has 2 aliphatic carbocycles. The number of hydrogen-bond donors (Lipinski definition) is 0. The Kier molecular flexibility index (Phi) is 1.04. The molecule has 0 aromatic rings. The smallest absolute Gasteiger partial charge is 0.141 e. The van der Waals surface area contributed by atoms with E-state index in [0.717, 1.165) is 12.3 Å². The van der Waals surface area contributed by atoms with Gasteiger partial charge in [-0.25, -0.2) is 0 Å². The lowest BCUT2D eigenvalue weighted by Gasteiger charge is -2.22. The second-order valence-corrected chi connectivity index (χ2v) is 4.22. The fourth-order valence-electron chi connectivity index (χ4n) is 2.70. The van der Waals surface area contributed by atoms with Gasteiger partial charge in [0.15, 0.2) is 0 Å². The van der Waals surface area contributed by atoms with Crippen LogP contribution in [0.5, 0.6) is 0 Å². The number of Topliss-reactive ketones (excluding diaryl/α,β-unsaturated/α-hetero) is 1. The number of rotatable bonds is 0. The van der Waals surface area contributed by atoms with Crippen LogP contribution in [0.25, 0.3) is 0 Å². The Labute approximate surface area is 61.8 Å². The molecule has 0 saturated heterocycles. The van der Waals surface area contributed by atoms with Crippen molar-refractivity contribution >= 4 is 5.78 Å². The number of carbonyl (C=O) groups excluding carboxylic acids is 1. The summed E-state index contributed by atoms with van der Waals surface area (Å²) in [6.07, 6.45) is 3.62. The topological polar surface area (TPSA) is 17.1 Å². The summed E-state index contributed by atoms with van der Waals surface area (Å²) in [6, 6.07) is 0. The van der Waals surface area contributed by atoms with Gasteiger partial charge in [0.05, 0.1) is 0 Å². The van der Waals surface area contributed by atoms with Gasteiger partial charge in [-0.1, -0.05) is 13.8 Å². The van der Waals surface area contributed by atoms with Crippen molar-refractivity contribution in [3.05, 3.63) is 0 Å². The molecule has 0 aromatic carbocycles. The van der Waals surface area contributed by atoms with Crippen LogP contribution in [0.1, 0.15) is 33.1 Å². The fraction of sp³-hybridized carbons (Fsp3) is 0.889. The van der Waals surface area contributed by atoms with Gasteiger partial charge in [0, 0.05) is 11.3 Å². The van der Waals surface area contributed by atoms with Crippen LogP contribution in [0.3, 0.4) is 0 Å². The van der Waals surface area contributed by atoms with Gasteiger partial charge in [-0.2, -0.15) is 0 Å². The number of fused-ring (bicyclic) bond motifs is 2. The summed E-state index contributed by atoms with van der Waals surface area (Å²) in [5.74, 6) is 1.64. The zero-order valence-corrected chi connectivity index (χ0v) is 6.68. The van der Waals surface area contributed by atoms with Crippen LogP contribution in [-0.4, -0.2) is 5.78 Å². The Morgan fingerprint density at radius 1 is 1.60 bits per heavy atom. The third-order valence-corrected chi connectivity index (χ3v) is 3.50. The molecule has 0 amide bonds. The normalized spacial score (nSPS) is 52.4. The lowest BCUT2D eigenvalue weighted by molar-refractivity contribution is -0.129. The predicted molar refractivity (Wildman–Crippen MR) is 39.6 cm³/mol. The minimum Gasteiger partial charge on any atom is -0.299 e. The molecule has 0 N–H and O–H groups in total. The first-order chi connectivity index (χ1) is 4.63. The highest BCUT2D eigenvalue weighted by Gasteiger charge is 2.52. The zero-order valence-electron chi connectivity index (χ0n) is 6.68. The zero-order chi connectivity index (χ0) is 7.35. The van der Waals surface area contributed by atoms with Crippen LogP contribution in [0.4, 0.5) is 0 Å². The third-order valence-electron chi connectivity index (χ3n) is 3.50. The summed E-state index contributed by atoms with van der Waals surface area (Å²) in [5, 5.41) is 0. The molecule has 0 heterocycles. The maximum absolute atomic E-state index is 11.5. The molecule has 0 spiro atoms. The van der Waals surface area contributed by atoms with E-state index in [9.17, 15) is 4.79 Å². The monoisotopic (exact) mass is 138 g/mol. The highest BCUT2D eigenvalue weighted by atomic mass is 16.1. The highest BCUT2D eigenvalue weighted by Crippen LogP contribution is 2.53. The Bertz CT molecular complexity index is 185. The van der Waals surface area contributed by atoms with E-state index in [1.54, 1.807) is 0 Å². The maximum atomic E-state index is 11.5. The average molecular weight is 138 g/mol. The van der Waals surface area contributed by atoms with Crippen molar-refractivity contribution in [2.45, 2.75) is 33.1 Å². The van der Waals surface area contributed by atoms with Crippen LogP contribution < -0.4 is 0 Å². The lowest BCUT2D eigenvalue weighted by atomic mass is 9.81. The molecule has 0 aromatic heterocycles. The van der Waals surface area contributed by atoms with E-state index in [2.05, 4.69) is 13.8 Å². The van der Waals surface area contributed by atoms with Crippen LogP contribution >= 0.6 is 0 Å². The van der Waals surface area contributed by atoms with Gasteiger partial charge in [-0.3, -0.25) is 4.79 Å². The molecule has 1 nitrogen and oxygen atoms in total. The molecular weight excluding hydrogens is 124 g/mol. The van der Waals surface area contributed by atoms with E-state index in [1.165, 1.54) is 12.8 Å². The standard InChI is InChI=1S/C9H14O/c1-6-7-3-4-9(2,5-7)8(6)10/h6-7H,3-5H2,1-2H3. The minimum atomic E-state index is 0.101. The minimum absolute atomic E-state index is 0.101. The van der Waals surface area contributed by atoms with Crippen molar-refractivity contribution in [2.24, 2.45) is 17.3 Å². The molecule has 1 heteroatoms. The predicted octanol–water partition coefficient (Wildman–Crippen LogP) is 2.01. The second-order valence-electron chi connectivity index (χ2n) is 4.22. The van der Waals surface area contributed by atoms with Crippen molar-refractivity contribution < 1.29 is 4.79 Å². The molecule has 2 bridgehead atoms. The molecule has 56 valence electrons. The van der Waals surface area contributed by atoms with Crippen molar-refractivity contribution in [3.8, 4) is 0 Å². The van der Waals surface area contributed by atoms with E-state index in [-0.39, 0.29) is 5.41 Å². The Hall–Kier alpha value is -0.330. The van der Waals surface area contributed by atoms with Crippen molar-refractivity contribution in [3.63, 3.8) is 0 Å². The van der Waals surface area contributed by atoms with E-state index in [0.29, 0.717) is 11.7 Å². The van der Waals surface area contributed by atoms with Gasteiger partial charge >= 0.3 is 0 Å². The van der Waals surface area contributed by atoms with Crippen LogP contribution in [0.2, 0.25) is 0 Å². The first-order valence-corrected chi connectivity index (χ1v) is 4.18. The summed E-state index contributed by atoms with van der Waals surface area (Å²) in [6.45, 7) is 4.23. The summed E-state index contributed by atoms with van der Waals surface area (Å²) in [4.78, 5) is 11.5. The maximum Gasteiger partial charge on any atom is 0.141 e. The summed E-state index contributed by atoms with van der Waals surface area (Å²) in [5.41, 5.74) is 0.101. The molecular formula is C9H14O. The summed E-state index contributed by atoms with van der Waals surface area (Å²) >= 11 is 0. The van der Waals surface area contributed by atoms with Gasteiger partial charge in [0.2, 0.25) is 0 Å². The van der Waals surface area contributed by atoms with Gasteiger partial charge in [-0.05, 0) is 25.2 Å². The first-order valence-electron chi connectivity index (χ1n) is 4.18. The van der Waals surface area contributed by atoms with Crippen LogP contribution in [0, 0.1) is 17.3 Å². The summed E-state index contributed by atoms with van der Waals surface area (Å²) in [7, 11) is 0. The Balaban J connectivity index is 2.34. The molecule has 0 aliphatic heterocycles. The van der Waals surface area contributed by atoms with Crippen molar-refractivity contribution in [1.82, 2.24) is 0 Å². The molecule has 2 fully saturated rings. The Morgan fingerprint density at radius 3 is 2.60 bits per heavy atom. The number of ketones is 1. The van der Waals surface area contributed by atoms with E-state index in [1.807, 2.05) is 0 Å². The highest BCUT2D eigenvalue weighted by molar-refractivity contribution is 5.89. The lowest BCUT2D eigenvalue weighted by Crippen LogP contribution is -2.26. The van der Waals surface area contributed by atoms with Gasteiger partial charge in [-0.15, -0.1) is 0 Å². The molecule has 2 saturated carbocycles. The average Bonchev–Trinajstić information content (AvgIpc) is 2.35. The van der Waals surface area contributed by atoms with E-state index < -0.39 is 0 Å². The molecule has 2 rings (SSSR count). The van der Waals surface area contributed by atoms with E-state index >= 15 is 0 Å². The largest absolute Gasteiger partial charge is 0.299 e. The molecule has 3 unspecified atom stereocenters. The van der Waals surface area contributed by atoms with Gasteiger partial charge in [0.1, 0.15) is 5.78 Å². The third kappa shape index (κ3) is 0.561. The molecule has 2 aliphatic rings. The first kappa shape index (κ1) is 6.38. The molecule has 10 heavy (non-hydrogen) atoms. The van der Waals surface area contributed by atoms with Gasteiger partial charge in [0.25, 0.3) is 0 Å². The van der Waals surface area contributed by atoms with Crippen molar-refractivity contribution in [1.29, 1.82) is 0 Å². The van der Waals surface area contributed by atoms with Gasteiger partial charge < -0.3 is 0 Å². The quantitative estimate of drug-likeness (QED) is 0.500. The summed E-state index contributed by atoms with van der Waals surface area (Å²) < 4.78 is 0. The molecule has 0 radical (unpaired) electrons. The number of carbonyl (C=O) groups is 1. The van der Waals surface area contributed by atoms with Crippen LogP contribution in [0.15, 0.2) is 0 Å². The number of hydrogen-bond acceptors (Lipinski definition) is 1. The second kappa shape index (κ2) is 1.63. The van der Waals surface area contributed by atoms with Crippen molar-refractivity contribution in [2.75, 3.05) is 0 Å². The Morgan fingerprint density at radius 2 is 2.30 bits per heavy atom.